The number of aryl methyl sites for hydroxylation is 2. The van der Waals surface area contributed by atoms with E-state index in [9.17, 15) is 0 Å². The van der Waals surface area contributed by atoms with Gasteiger partial charge in [0.2, 0.25) is 0 Å². The van der Waals surface area contributed by atoms with Crippen molar-refractivity contribution in [2.45, 2.75) is 52.0 Å². The summed E-state index contributed by atoms with van der Waals surface area (Å²) >= 11 is 0. The minimum absolute atomic E-state index is 0.597. The molecule has 0 spiro atoms. The average molecular weight is 283 g/mol. The van der Waals surface area contributed by atoms with Gasteiger partial charge in [-0.05, 0) is 85.4 Å². The number of rotatable bonds is 5. The van der Waals surface area contributed by atoms with Crippen LogP contribution in [0.3, 0.4) is 0 Å². The van der Waals surface area contributed by atoms with Gasteiger partial charge in [-0.3, -0.25) is 0 Å². The lowest BCUT2D eigenvalue weighted by molar-refractivity contribution is 0.385. The third kappa shape index (κ3) is 2.00. The van der Waals surface area contributed by atoms with Crippen LogP contribution in [0.4, 0.5) is 0 Å². The molecule has 1 aromatic rings. The van der Waals surface area contributed by atoms with Gasteiger partial charge in [0.05, 0.1) is 0 Å². The Balaban J connectivity index is 1.60. The number of nitrogens with one attached hydrogen (secondary N) is 1. The Morgan fingerprint density at radius 1 is 1.05 bits per heavy atom. The van der Waals surface area contributed by atoms with Crippen LogP contribution in [-0.4, -0.2) is 7.05 Å². The second-order valence-electron chi connectivity index (χ2n) is 7.57. The van der Waals surface area contributed by atoms with Crippen molar-refractivity contribution in [2.75, 3.05) is 7.05 Å². The average Bonchev–Trinajstić information content (AvgIpc) is 2.93. The van der Waals surface area contributed by atoms with E-state index < -0.39 is 0 Å². The molecule has 0 aromatic heterocycles. The van der Waals surface area contributed by atoms with Gasteiger partial charge in [0.1, 0.15) is 0 Å². The lowest BCUT2D eigenvalue weighted by Crippen LogP contribution is -2.22. The minimum Gasteiger partial charge on any atom is -0.313 e. The highest BCUT2D eigenvalue weighted by Crippen LogP contribution is 2.72. The normalized spacial score (nSPS) is 37.6. The molecule has 0 heterocycles. The maximum Gasteiger partial charge on any atom is 0.0351 e. The summed E-state index contributed by atoms with van der Waals surface area (Å²) < 4.78 is 0. The summed E-state index contributed by atoms with van der Waals surface area (Å²) in [5, 5.41) is 3.67. The van der Waals surface area contributed by atoms with Gasteiger partial charge in [-0.25, -0.2) is 0 Å². The van der Waals surface area contributed by atoms with E-state index in [-0.39, 0.29) is 0 Å². The van der Waals surface area contributed by atoms with E-state index in [1.54, 1.807) is 17.5 Å². The zero-order valence-electron chi connectivity index (χ0n) is 13.7. The Bertz CT molecular complexity index is 519. The first-order valence-electron chi connectivity index (χ1n) is 9.07. The van der Waals surface area contributed by atoms with E-state index in [2.05, 4.69) is 44.4 Å². The van der Waals surface area contributed by atoms with Gasteiger partial charge in [0.15, 0.2) is 0 Å². The van der Waals surface area contributed by atoms with Crippen LogP contribution >= 0.6 is 0 Å². The highest BCUT2D eigenvalue weighted by atomic mass is 14.9. The van der Waals surface area contributed by atoms with E-state index in [4.69, 9.17) is 0 Å². The van der Waals surface area contributed by atoms with E-state index in [1.807, 2.05) is 0 Å². The molecule has 3 aliphatic carbocycles. The lowest BCUT2D eigenvalue weighted by atomic mass is 9.90. The molecule has 114 valence electrons. The van der Waals surface area contributed by atoms with Gasteiger partial charge in [-0.1, -0.05) is 32.0 Å². The SMILES string of the molecule is CCc1ccc(C(NC)C2C3C4CCC(C4)C32)cc1CC. The molecule has 1 heteroatoms. The first kappa shape index (κ1) is 13.8. The predicted octanol–water partition coefficient (Wildman–Crippen LogP) is 4.36. The largest absolute Gasteiger partial charge is 0.313 e. The molecule has 0 radical (unpaired) electrons. The molecule has 0 amide bonds. The molecular weight excluding hydrogens is 254 g/mol. The molecule has 1 N–H and O–H groups in total. The molecule has 3 fully saturated rings. The second kappa shape index (κ2) is 5.12. The lowest BCUT2D eigenvalue weighted by Gasteiger charge is -2.22. The first-order valence-corrected chi connectivity index (χ1v) is 9.07. The molecule has 4 rings (SSSR count). The van der Waals surface area contributed by atoms with Crippen molar-refractivity contribution >= 4 is 0 Å². The van der Waals surface area contributed by atoms with Gasteiger partial charge in [-0.15, -0.1) is 0 Å². The fraction of sp³-hybridized carbons (Fsp3) is 0.700. The Morgan fingerprint density at radius 2 is 1.71 bits per heavy atom. The van der Waals surface area contributed by atoms with E-state index >= 15 is 0 Å². The van der Waals surface area contributed by atoms with Crippen molar-refractivity contribution in [3.05, 3.63) is 34.9 Å². The van der Waals surface area contributed by atoms with E-state index in [0.29, 0.717) is 6.04 Å². The van der Waals surface area contributed by atoms with Crippen LogP contribution in [-0.2, 0) is 12.8 Å². The summed E-state index contributed by atoms with van der Waals surface area (Å²) in [5.74, 6) is 5.18. The van der Waals surface area contributed by atoms with Crippen molar-refractivity contribution in [1.29, 1.82) is 0 Å². The Labute approximate surface area is 129 Å². The third-order valence-electron chi connectivity index (χ3n) is 6.84. The van der Waals surface area contributed by atoms with Crippen LogP contribution in [0.15, 0.2) is 18.2 Å². The zero-order valence-corrected chi connectivity index (χ0v) is 13.7. The maximum atomic E-state index is 3.67. The summed E-state index contributed by atoms with van der Waals surface area (Å²) in [5.41, 5.74) is 4.64. The van der Waals surface area contributed by atoms with E-state index in [0.717, 1.165) is 42.4 Å². The zero-order chi connectivity index (χ0) is 14.6. The van der Waals surface area contributed by atoms with E-state index in [1.165, 1.54) is 18.4 Å². The molecular formula is C20H29N. The molecule has 0 aliphatic heterocycles. The van der Waals surface area contributed by atoms with Crippen molar-refractivity contribution in [3.8, 4) is 0 Å². The summed E-state index contributed by atoms with van der Waals surface area (Å²) in [6.07, 6.45) is 6.92. The molecule has 5 unspecified atom stereocenters. The summed E-state index contributed by atoms with van der Waals surface area (Å²) in [6, 6.07) is 7.87. The Hall–Kier alpha value is -0.820. The second-order valence-corrected chi connectivity index (χ2v) is 7.57. The standard InChI is InChI=1S/C20H29N/c1-4-12-6-9-16(10-13(12)5-2)20(21-3)19-17-14-7-8-15(11-14)18(17)19/h6,9-10,14-15,17-21H,4-5,7-8,11H2,1-3H3. The molecule has 1 aromatic carbocycles. The fourth-order valence-corrected chi connectivity index (χ4v) is 5.93. The molecule has 3 aliphatic rings. The molecule has 1 nitrogen and oxygen atoms in total. The molecule has 3 saturated carbocycles. The number of fused-ring (bicyclic) bond motifs is 5. The maximum absolute atomic E-state index is 3.67. The number of benzene rings is 1. The van der Waals surface area contributed by atoms with Crippen LogP contribution in [0.1, 0.15) is 55.8 Å². The van der Waals surface area contributed by atoms with Crippen LogP contribution in [0.2, 0.25) is 0 Å². The molecule has 2 bridgehead atoms. The van der Waals surface area contributed by atoms with Crippen LogP contribution < -0.4 is 5.32 Å². The van der Waals surface area contributed by atoms with Crippen molar-refractivity contribution in [2.24, 2.45) is 29.6 Å². The van der Waals surface area contributed by atoms with Crippen molar-refractivity contribution in [3.63, 3.8) is 0 Å². The summed E-state index contributed by atoms with van der Waals surface area (Å²) in [6.45, 7) is 4.56. The third-order valence-corrected chi connectivity index (χ3v) is 6.84. The molecule has 21 heavy (non-hydrogen) atoms. The summed E-state index contributed by atoms with van der Waals surface area (Å²) in [4.78, 5) is 0. The van der Waals surface area contributed by atoms with Gasteiger partial charge < -0.3 is 5.32 Å². The summed E-state index contributed by atoms with van der Waals surface area (Å²) in [7, 11) is 2.17. The Morgan fingerprint density at radius 3 is 2.29 bits per heavy atom. The van der Waals surface area contributed by atoms with Crippen LogP contribution in [0.25, 0.3) is 0 Å². The van der Waals surface area contributed by atoms with Gasteiger partial charge in [0.25, 0.3) is 0 Å². The predicted molar refractivity (Wildman–Crippen MR) is 88.3 cm³/mol. The minimum atomic E-state index is 0.597. The smallest absolute Gasteiger partial charge is 0.0351 e. The van der Waals surface area contributed by atoms with Crippen LogP contribution in [0.5, 0.6) is 0 Å². The Kier molecular flexibility index (Phi) is 3.37. The highest BCUT2D eigenvalue weighted by Gasteiger charge is 2.66. The topological polar surface area (TPSA) is 12.0 Å². The van der Waals surface area contributed by atoms with Gasteiger partial charge in [-0.2, -0.15) is 0 Å². The van der Waals surface area contributed by atoms with Crippen molar-refractivity contribution in [1.82, 2.24) is 5.32 Å². The monoisotopic (exact) mass is 283 g/mol. The molecule has 0 saturated heterocycles. The van der Waals surface area contributed by atoms with Gasteiger partial charge in [0, 0.05) is 6.04 Å². The van der Waals surface area contributed by atoms with Crippen molar-refractivity contribution < 1.29 is 0 Å². The number of hydrogen-bond acceptors (Lipinski definition) is 1. The quantitative estimate of drug-likeness (QED) is 0.846. The van der Waals surface area contributed by atoms with Crippen LogP contribution in [0, 0.1) is 29.6 Å². The van der Waals surface area contributed by atoms with Gasteiger partial charge >= 0.3 is 0 Å². The fourth-order valence-electron chi connectivity index (χ4n) is 5.93. The molecule has 5 atom stereocenters. The number of hydrogen-bond donors (Lipinski definition) is 1. The first-order chi connectivity index (χ1) is 10.3. The highest BCUT2D eigenvalue weighted by molar-refractivity contribution is 5.35.